The SMILES string of the molecule is NC(=O)c1ccccc1OCC#CCNC(=O)C=Cc1ccccc1Cl. The number of carbonyl (C=O) groups is 2. The quantitative estimate of drug-likeness (QED) is 0.607. The van der Waals surface area contributed by atoms with Crippen molar-refractivity contribution in [1.82, 2.24) is 5.32 Å². The Morgan fingerprint density at radius 2 is 1.85 bits per heavy atom. The lowest BCUT2D eigenvalue weighted by Gasteiger charge is -2.05. The molecule has 2 aromatic rings. The lowest BCUT2D eigenvalue weighted by atomic mass is 10.2. The van der Waals surface area contributed by atoms with Crippen LogP contribution in [0.3, 0.4) is 0 Å². The number of para-hydroxylation sites is 1. The number of nitrogens with one attached hydrogen (secondary N) is 1. The number of nitrogens with two attached hydrogens (primary N) is 1. The van der Waals surface area contributed by atoms with E-state index in [2.05, 4.69) is 17.2 Å². The smallest absolute Gasteiger partial charge is 0.252 e. The fraction of sp³-hybridized carbons (Fsp3) is 0.100. The van der Waals surface area contributed by atoms with Crippen molar-refractivity contribution in [1.29, 1.82) is 0 Å². The van der Waals surface area contributed by atoms with Crippen LogP contribution < -0.4 is 15.8 Å². The van der Waals surface area contributed by atoms with Gasteiger partial charge in [0.1, 0.15) is 12.4 Å². The molecular weight excluding hydrogens is 352 g/mol. The maximum absolute atomic E-state index is 11.7. The van der Waals surface area contributed by atoms with E-state index in [1.807, 2.05) is 18.2 Å². The molecule has 0 unspecified atom stereocenters. The van der Waals surface area contributed by atoms with Crippen LogP contribution in [0.2, 0.25) is 5.02 Å². The van der Waals surface area contributed by atoms with Crippen molar-refractivity contribution in [2.24, 2.45) is 5.73 Å². The van der Waals surface area contributed by atoms with Crippen molar-refractivity contribution >= 4 is 29.5 Å². The molecule has 0 aliphatic heterocycles. The summed E-state index contributed by atoms with van der Waals surface area (Å²) in [5, 5.41) is 3.20. The zero-order chi connectivity index (χ0) is 18.8. The second-order valence-corrected chi connectivity index (χ2v) is 5.48. The van der Waals surface area contributed by atoms with E-state index in [1.54, 1.807) is 36.4 Å². The van der Waals surface area contributed by atoms with E-state index in [9.17, 15) is 9.59 Å². The van der Waals surface area contributed by atoms with E-state index < -0.39 is 5.91 Å². The van der Waals surface area contributed by atoms with E-state index in [0.29, 0.717) is 16.3 Å². The number of primary amides is 1. The summed E-state index contributed by atoms with van der Waals surface area (Å²) in [6.07, 6.45) is 3.03. The van der Waals surface area contributed by atoms with Crippen LogP contribution in [0.15, 0.2) is 54.6 Å². The molecule has 0 saturated carbocycles. The molecule has 0 bridgehead atoms. The van der Waals surface area contributed by atoms with Gasteiger partial charge in [0.15, 0.2) is 0 Å². The molecule has 6 heteroatoms. The summed E-state index contributed by atoms with van der Waals surface area (Å²) in [4.78, 5) is 23.0. The fourth-order valence-corrected chi connectivity index (χ4v) is 2.19. The highest BCUT2D eigenvalue weighted by molar-refractivity contribution is 6.32. The molecular formula is C20H17ClN2O3. The summed E-state index contributed by atoms with van der Waals surface area (Å²) in [6.45, 7) is 0.252. The number of hydrogen-bond acceptors (Lipinski definition) is 3. The second-order valence-electron chi connectivity index (χ2n) is 5.08. The highest BCUT2D eigenvalue weighted by Gasteiger charge is 2.06. The van der Waals surface area contributed by atoms with Gasteiger partial charge in [-0.3, -0.25) is 9.59 Å². The second kappa shape index (κ2) is 9.92. The van der Waals surface area contributed by atoms with Gasteiger partial charge in [0.2, 0.25) is 5.91 Å². The largest absolute Gasteiger partial charge is 0.480 e. The van der Waals surface area contributed by atoms with E-state index in [-0.39, 0.29) is 19.1 Å². The van der Waals surface area contributed by atoms with Gasteiger partial charge in [-0.2, -0.15) is 0 Å². The fourth-order valence-electron chi connectivity index (χ4n) is 1.99. The Bertz CT molecular complexity index is 882. The Kier molecular flexibility index (Phi) is 7.29. The maximum Gasteiger partial charge on any atom is 0.252 e. The minimum Gasteiger partial charge on any atom is -0.480 e. The molecule has 0 saturated heterocycles. The Morgan fingerprint density at radius 3 is 2.62 bits per heavy atom. The van der Waals surface area contributed by atoms with Gasteiger partial charge < -0.3 is 15.8 Å². The van der Waals surface area contributed by atoms with Crippen LogP contribution >= 0.6 is 11.6 Å². The minimum absolute atomic E-state index is 0.0790. The van der Waals surface area contributed by atoms with Crippen LogP contribution in [0, 0.1) is 11.8 Å². The average molecular weight is 369 g/mol. The van der Waals surface area contributed by atoms with Crippen molar-refractivity contribution in [2.45, 2.75) is 0 Å². The molecule has 0 aliphatic rings. The van der Waals surface area contributed by atoms with Gasteiger partial charge in [-0.05, 0) is 29.8 Å². The first-order valence-corrected chi connectivity index (χ1v) is 8.13. The van der Waals surface area contributed by atoms with Crippen molar-refractivity contribution < 1.29 is 14.3 Å². The van der Waals surface area contributed by atoms with Gasteiger partial charge >= 0.3 is 0 Å². The van der Waals surface area contributed by atoms with Crippen LogP contribution in [-0.2, 0) is 4.79 Å². The van der Waals surface area contributed by atoms with E-state index in [0.717, 1.165) is 5.56 Å². The number of hydrogen-bond donors (Lipinski definition) is 2. The number of carbonyl (C=O) groups excluding carboxylic acids is 2. The van der Waals surface area contributed by atoms with Gasteiger partial charge in [0.05, 0.1) is 12.1 Å². The Hall–Kier alpha value is -3.23. The van der Waals surface area contributed by atoms with Crippen LogP contribution in [0.25, 0.3) is 6.08 Å². The third-order valence-electron chi connectivity index (χ3n) is 3.25. The number of benzene rings is 2. The first-order valence-electron chi connectivity index (χ1n) is 7.75. The highest BCUT2D eigenvalue weighted by atomic mass is 35.5. The van der Waals surface area contributed by atoms with Crippen LogP contribution in [0.4, 0.5) is 0 Å². The van der Waals surface area contributed by atoms with Crippen molar-refractivity contribution in [3.05, 3.63) is 70.8 Å². The molecule has 0 aliphatic carbocycles. The van der Waals surface area contributed by atoms with E-state index >= 15 is 0 Å². The number of halogens is 1. The van der Waals surface area contributed by atoms with Gasteiger partial charge in [0.25, 0.3) is 5.91 Å². The molecule has 0 radical (unpaired) electrons. The van der Waals surface area contributed by atoms with E-state index in [4.69, 9.17) is 22.1 Å². The molecule has 3 N–H and O–H groups in total. The van der Waals surface area contributed by atoms with Crippen LogP contribution in [0.5, 0.6) is 5.75 Å². The lowest BCUT2D eigenvalue weighted by molar-refractivity contribution is -0.116. The molecule has 0 fully saturated rings. The van der Waals surface area contributed by atoms with Crippen LogP contribution in [-0.4, -0.2) is 25.0 Å². The maximum atomic E-state index is 11.7. The van der Waals surface area contributed by atoms with Crippen molar-refractivity contribution in [3.8, 4) is 17.6 Å². The molecule has 2 amide bonds. The Labute approximate surface area is 156 Å². The summed E-state index contributed by atoms with van der Waals surface area (Å²) in [5.74, 6) is 5.05. The number of rotatable bonds is 6. The van der Waals surface area contributed by atoms with Crippen molar-refractivity contribution in [3.63, 3.8) is 0 Å². The normalized spacial score (nSPS) is 10.0. The standard InChI is InChI=1S/C20H17ClN2O3/c21-17-9-3-1-7-15(17)11-12-19(24)23-13-5-6-14-26-18-10-4-2-8-16(18)20(22)25/h1-4,7-12H,13-14H2,(H2,22,25)(H,23,24). The minimum atomic E-state index is -0.564. The summed E-state index contributed by atoms with van der Waals surface area (Å²) < 4.78 is 5.41. The Balaban J connectivity index is 1.76. The average Bonchev–Trinajstić information content (AvgIpc) is 2.64. The molecule has 132 valence electrons. The van der Waals surface area contributed by atoms with Crippen molar-refractivity contribution in [2.75, 3.05) is 13.2 Å². The van der Waals surface area contributed by atoms with Gasteiger partial charge in [-0.1, -0.05) is 53.8 Å². The summed E-state index contributed by atoms with van der Waals surface area (Å²) >= 11 is 6.00. The Morgan fingerprint density at radius 1 is 1.12 bits per heavy atom. The first-order chi connectivity index (χ1) is 12.6. The summed E-state index contributed by atoms with van der Waals surface area (Å²) in [5.41, 5.74) is 6.32. The molecule has 0 aromatic heterocycles. The molecule has 2 aromatic carbocycles. The summed E-state index contributed by atoms with van der Waals surface area (Å²) in [7, 11) is 0. The predicted octanol–water partition coefficient (Wildman–Crippen LogP) is 2.65. The summed E-state index contributed by atoms with van der Waals surface area (Å²) in [6, 6.07) is 13.9. The third-order valence-corrected chi connectivity index (χ3v) is 3.59. The molecule has 0 heterocycles. The highest BCUT2D eigenvalue weighted by Crippen LogP contribution is 2.17. The van der Waals surface area contributed by atoms with Gasteiger partial charge in [-0.25, -0.2) is 0 Å². The topological polar surface area (TPSA) is 81.4 Å². The molecule has 0 spiro atoms. The van der Waals surface area contributed by atoms with Gasteiger partial charge in [-0.15, -0.1) is 0 Å². The molecule has 26 heavy (non-hydrogen) atoms. The molecule has 2 rings (SSSR count). The monoisotopic (exact) mass is 368 g/mol. The number of amides is 2. The third kappa shape index (κ3) is 6.00. The molecule has 5 nitrogen and oxygen atoms in total. The zero-order valence-corrected chi connectivity index (χ0v) is 14.6. The number of ether oxygens (including phenoxy) is 1. The van der Waals surface area contributed by atoms with Crippen LogP contribution in [0.1, 0.15) is 15.9 Å². The van der Waals surface area contributed by atoms with Gasteiger partial charge in [0, 0.05) is 11.1 Å². The van der Waals surface area contributed by atoms with E-state index in [1.165, 1.54) is 6.08 Å². The predicted molar refractivity (Wildman–Crippen MR) is 102 cm³/mol. The first kappa shape index (κ1) is 19.1. The molecule has 0 atom stereocenters. The lowest BCUT2D eigenvalue weighted by Crippen LogP contribution is -2.21. The zero-order valence-electron chi connectivity index (χ0n) is 13.9.